The standard InChI is InChI=1S/C18H21N3OS2/c1-14(16-10-6-3-7-11-16)19-18(23)21-20-17(22)13-24-12-15-8-4-2-5-9-15/h2-11,14H,12-13H2,1H3,(H,20,22)(H2,19,21,23). The van der Waals surface area contributed by atoms with Gasteiger partial charge in [0.25, 0.3) is 0 Å². The summed E-state index contributed by atoms with van der Waals surface area (Å²) in [5.41, 5.74) is 7.69. The van der Waals surface area contributed by atoms with Crippen molar-refractivity contribution in [1.29, 1.82) is 0 Å². The van der Waals surface area contributed by atoms with Crippen molar-refractivity contribution in [3.63, 3.8) is 0 Å². The Morgan fingerprint density at radius 2 is 1.67 bits per heavy atom. The molecule has 0 radical (unpaired) electrons. The second-order valence-electron chi connectivity index (χ2n) is 5.26. The van der Waals surface area contributed by atoms with Gasteiger partial charge in [0.1, 0.15) is 0 Å². The first-order chi connectivity index (χ1) is 11.6. The van der Waals surface area contributed by atoms with Crippen molar-refractivity contribution >= 4 is 35.0 Å². The molecule has 0 saturated heterocycles. The summed E-state index contributed by atoms with van der Waals surface area (Å²) in [6, 6.07) is 20.1. The van der Waals surface area contributed by atoms with Crippen molar-refractivity contribution in [1.82, 2.24) is 16.2 Å². The van der Waals surface area contributed by atoms with Gasteiger partial charge in [0.2, 0.25) is 5.91 Å². The summed E-state index contributed by atoms with van der Waals surface area (Å²) in [6.45, 7) is 2.01. The second kappa shape index (κ2) is 9.95. The number of hydrazine groups is 1. The van der Waals surface area contributed by atoms with E-state index in [1.807, 2.05) is 67.6 Å². The van der Waals surface area contributed by atoms with Gasteiger partial charge in [-0.15, -0.1) is 11.8 Å². The van der Waals surface area contributed by atoms with Crippen LogP contribution in [0, 0.1) is 0 Å². The molecule has 1 atom stereocenters. The molecule has 0 aliphatic heterocycles. The van der Waals surface area contributed by atoms with Crippen LogP contribution < -0.4 is 16.2 Å². The van der Waals surface area contributed by atoms with E-state index in [1.165, 1.54) is 5.56 Å². The number of thioether (sulfide) groups is 1. The van der Waals surface area contributed by atoms with Gasteiger partial charge in [0.15, 0.2) is 5.11 Å². The summed E-state index contributed by atoms with van der Waals surface area (Å²) in [5, 5.41) is 3.53. The lowest BCUT2D eigenvalue weighted by Gasteiger charge is -2.17. The highest BCUT2D eigenvalue weighted by atomic mass is 32.2. The van der Waals surface area contributed by atoms with Crippen molar-refractivity contribution in [2.45, 2.75) is 18.7 Å². The van der Waals surface area contributed by atoms with Crippen LogP contribution in [0.25, 0.3) is 0 Å². The van der Waals surface area contributed by atoms with E-state index in [0.29, 0.717) is 10.9 Å². The Morgan fingerprint density at radius 1 is 1.04 bits per heavy atom. The highest BCUT2D eigenvalue weighted by Crippen LogP contribution is 2.11. The SMILES string of the molecule is CC(NC(=S)NNC(=O)CSCc1ccccc1)c1ccccc1. The zero-order chi connectivity index (χ0) is 17.2. The zero-order valence-corrected chi connectivity index (χ0v) is 15.1. The van der Waals surface area contributed by atoms with E-state index in [4.69, 9.17) is 12.2 Å². The summed E-state index contributed by atoms with van der Waals surface area (Å²) in [6.07, 6.45) is 0. The van der Waals surface area contributed by atoms with Gasteiger partial charge in [-0.05, 0) is 30.3 Å². The van der Waals surface area contributed by atoms with Gasteiger partial charge in [-0.2, -0.15) is 0 Å². The van der Waals surface area contributed by atoms with Gasteiger partial charge in [0.05, 0.1) is 11.8 Å². The molecule has 0 aliphatic rings. The minimum absolute atomic E-state index is 0.0653. The van der Waals surface area contributed by atoms with Crippen LogP contribution in [0.1, 0.15) is 24.1 Å². The van der Waals surface area contributed by atoms with E-state index in [2.05, 4.69) is 16.2 Å². The van der Waals surface area contributed by atoms with E-state index in [0.717, 1.165) is 11.3 Å². The van der Waals surface area contributed by atoms with Crippen molar-refractivity contribution in [3.05, 3.63) is 71.8 Å². The third-order valence-electron chi connectivity index (χ3n) is 3.31. The Balaban J connectivity index is 1.63. The van der Waals surface area contributed by atoms with Gasteiger partial charge in [-0.1, -0.05) is 60.7 Å². The number of rotatable bonds is 6. The van der Waals surface area contributed by atoms with Crippen LogP contribution in [-0.2, 0) is 10.5 Å². The van der Waals surface area contributed by atoms with Crippen molar-refractivity contribution in [2.24, 2.45) is 0 Å². The smallest absolute Gasteiger partial charge is 0.248 e. The molecule has 1 unspecified atom stereocenters. The highest BCUT2D eigenvalue weighted by molar-refractivity contribution is 7.99. The summed E-state index contributed by atoms with van der Waals surface area (Å²) in [4.78, 5) is 11.8. The Hall–Kier alpha value is -2.05. The van der Waals surface area contributed by atoms with E-state index in [9.17, 15) is 4.79 Å². The molecule has 24 heavy (non-hydrogen) atoms. The van der Waals surface area contributed by atoms with E-state index >= 15 is 0 Å². The molecule has 0 aromatic heterocycles. The quantitative estimate of drug-likeness (QED) is 0.546. The molecular formula is C18H21N3OS2. The molecule has 1 amide bonds. The molecule has 0 saturated carbocycles. The molecule has 6 heteroatoms. The predicted molar refractivity (Wildman–Crippen MR) is 104 cm³/mol. The van der Waals surface area contributed by atoms with Crippen molar-refractivity contribution in [3.8, 4) is 0 Å². The summed E-state index contributed by atoms with van der Waals surface area (Å²) < 4.78 is 0. The molecule has 4 nitrogen and oxygen atoms in total. The first-order valence-corrected chi connectivity index (χ1v) is 9.23. The summed E-state index contributed by atoms with van der Waals surface area (Å²) in [7, 11) is 0. The number of nitrogens with one attached hydrogen (secondary N) is 3. The van der Waals surface area contributed by atoms with E-state index in [-0.39, 0.29) is 11.9 Å². The largest absolute Gasteiger partial charge is 0.355 e. The summed E-state index contributed by atoms with van der Waals surface area (Å²) >= 11 is 6.76. The lowest BCUT2D eigenvalue weighted by Crippen LogP contribution is -2.47. The lowest BCUT2D eigenvalue weighted by molar-refractivity contribution is -0.119. The number of benzene rings is 2. The monoisotopic (exact) mass is 359 g/mol. The van der Waals surface area contributed by atoms with Crippen LogP contribution in [0.15, 0.2) is 60.7 Å². The van der Waals surface area contributed by atoms with Crippen LogP contribution in [0.3, 0.4) is 0 Å². The maximum absolute atomic E-state index is 11.8. The third-order valence-corrected chi connectivity index (χ3v) is 4.53. The number of carbonyl (C=O) groups is 1. The lowest BCUT2D eigenvalue weighted by atomic mass is 10.1. The number of hydrogen-bond acceptors (Lipinski definition) is 3. The molecule has 2 aromatic rings. The molecule has 0 bridgehead atoms. The molecule has 0 aliphatic carbocycles. The minimum atomic E-state index is -0.104. The highest BCUT2D eigenvalue weighted by Gasteiger charge is 2.07. The Bertz CT molecular complexity index is 650. The average Bonchev–Trinajstić information content (AvgIpc) is 2.61. The molecule has 2 rings (SSSR count). The molecule has 126 valence electrons. The maximum Gasteiger partial charge on any atom is 0.248 e. The maximum atomic E-state index is 11.8. The molecule has 2 aromatic carbocycles. The third kappa shape index (κ3) is 6.60. The minimum Gasteiger partial charge on any atom is -0.355 e. The molecule has 0 heterocycles. The topological polar surface area (TPSA) is 53.2 Å². The van der Waals surface area contributed by atoms with Crippen LogP contribution in [-0.4, -0.2) is 16.8 Å². The fourth-order valence-electron chi connectivity index (χ4n) is 2.06. The van der Waals surface area contributed by atoms with Gasteiger partial charge < -0.3 is 5.32 Å². The number of carbonyl (C=O) groups excluding carboxylic acids is 1. The normalized spacial score (nSPS) is 11.4. The number of amides is 1. The molecule has 3 N–H and O–H groups in total. The van der Waals surface area contributed by atoms with Gasteiger partial charge in [0, 0.05) is 5.75 Å². The van der Waals surface area contributed by atoms with Crippen LogP contribution in [0.2, 0.25) is 0 Å². The van der Waals surface area contributed by atoms with Crippen LogP contribution in [0.4, 0.5) is 0 Å². The fourth-order valence-corrected chi connectivity index (χ4v) is 3.07. The van der Waals surface area contributed by atoms with Crippen LogP contribution in [0.5, 0.6) is 0 Å². The Kier molecular flexibility index (Phi) is 7.58. The number of hydrogen-bond donors (Lipinski definition) is 3. The van der Waals surface area contributed by atoms with E-state index in [1.54, 1.807) is 11.8 Å². The number of thiocarbonyl (C=S) groups is 1. The Labute approximate surface area is 152 Å². The molecule has 0 spiro atoms. The first-order valence-electron chi connectivity index (χ1n) is 7.67. The van der Waals surface area contributed by atoms with E-state index < -0.39 is 0 Å². The second-order valence-corrected chi connectivity index (χ2v) is 6.65. The summed E-state index contributed by atoms with van der Waals surface area (Å²) in [5.74, 6) is 1.08. The van der Waals surface area contributed by atoms with Gasteiger partial charge in [-0.3, -0.25) is 15.6 Å². The Morgan fingerprint density at radius 3 is 2.33 bits per heavy atom. The van der Waals surface area contributed by atoms with Crippen molar-refractivity contribution in [2.75, 3.05) is 5.75 Å². The van der Waals surface area contributed by atoms with Gasteiger partial charge >= 0.3 is 0 Å². The predicted octanol–water partition coefficient (Wildman–Crippen LogP) is 3.18. The first kappa shape index (κ1) is 18.3. The van der Waals surface area contributed by atoms with Crippen molar-refractivity contribution < 1.29 is 4.79 Å². The molecule has 0 fully saturated rings. The molecular weight excluding hydrogens is 338 g/mol. The zero-order valence-electron chi connectivity index (χ0n) is 13.5. The fraction of sp³-hybridized carbons (Fsp3) is 0.222. The average molecular weight is 360 g/mol. The van der Waals surface area contributed by atoms with Crippen LogP contribution >= 0.6 is 24.0 Å². The van der Waals surface area contributed by atoms with Gasteiger partial charge in [-0.25, -0.2) is 0 Å².